The van der Waals surface area contributed by atoms with E-state index >= 15 is 0 Å². The molecule has 0 fully saturated rings. The zero-order valence-electron chi connectivity index (χ0n) is 30.1. The van der Waals surface area contributed by atoms with Crippen molar-refractivity contribution in [3.05, 3.63) is 234 Å². The summed E-state index contributed by atoms with van der Waals surface area (Å²) in [7, 11) is 0. The van der Waals surface area contributed by atoms with E-state index in [1.807, 2.05) is 30.0 Å². The molecule has 8 aromatic rings. The molecule has 0 N–H and O–H groups in total. The predicted octanol–water partition coefficient (Wildman–Crippen LogP) is 15.0. The van der Waals surface area contributed by atoms with Gasteiger partial charge in [0.15, 0.2) is 0 Å². The highest BCUT2D eigenvalue weighted by Crippen LogP contribution is 2.64. The van der Waals surface area contributed by atoms with E-state index in [2.05, 4.69) is 174 Å². The molecular formula is C51H28BrCl2NS2. The summed E-state index contributed by atoms with van der Waals surface area (Å²) in [6.45, 7) is 0. The van der Waals surface area contributed by atoms with Gasteiger partial charge in [-0.1, -0.05) is 160 Å². The van der Waals surface area contributed by atoms with Gasteiger partial charge in [-0.05, 0) is 140 Å². The third-order valence-electron chi connectivity index (χ3n) is 11.9. The molecule has 0 bridgehead atoms. The Morgan fingerprint density at radius 1 is 0.404 bits per heavy atom. The van der Waals surface area contributed by atoms with Gasteiger partial charge in [0.05, 0.1) is 22.5 Å². The lowest BCUT2D eigenvalue weighted by Gasteiger charge is -2.39. The van der Waals surface area contributed by atoms with Crippen molar-refractivity contribution in [3.63, 3.8) is 0 Å². The van der Waals surface area contributed by atoms with Crippen LogP contribution < -0.4 is 0 Å². The SMILES string of the molecule is Clc1ccc2c(c1)C1(c3cc(Br)ccc3S2)c2ccccc2-c2ccccc21.N#Cc1ccc2c(c1)C1(c3cc(Cl)ccc3S2)c2ccccc2-c2ccccc21. The van der Waals surface area contributed by atoms with E-state index in [4.69, 9.17) is 23.2 Å². The maximum absolute atomic E-state index is 9.62. The van der Waals surface area contributed by atoms with E-state index in [0.29, 0.717) is 5.56 Å². The first-order valence-electron chi connectivity index (χ1n) is 18.6. The van der Waals surface area contributed by atoms with Gasteiger partial charge in [0.25, 0.3) is 0 Å². The van der Waals surface area contributed by atoms with Gasteiger partial charge < -0.3 is 0 Å². The highest BCUT2D eigenvalue weighted by atomic mass is 79.9. The average Bonchev–Trinajstić information content (AvgIpc) is 3.71. The van der Waals surface area contributed by atoms with E-state index in [1.54, 1.807) is 11.8 Å². The fourth-order valence-electron chi connectivity index (χ4n) is 9.79. The topological polar surface area (TPSA) is 23.8 Å². The van der Waals surface area contributed by atoms with Crippen LogP contribution in [0.25, 0.3) is 22.3 Å². The number of hydrogen-bond acceptors (Lipinski definition) is 3. The van der Waals surface area contributed by atoms with Crippen molar-refractivity contribution in [3.8, 4) is 28.3 Å². The van der Waals surface area contributed by atoms with Crippen LogP contribution in [0.3, 0.4) is 0 Å². The standard InChI is InChI=1S/C26H14ClNS.C25H14BrClS/c27-17-10-12-25-23(14-17)26(22-13-16(15-28)9-11-24(22)29-25)20-7-3-1-5-18(20)19-6-2-4-8-21(19)26;26-15-9-11-23-21(13-15)25(22-14-16(27)10-12-24(22)28-23)19-7-3-1-5-17(19)18-6-2-4-8-20(18)25/h1-14H;1-14H. The van der Waals surface area contributed by atoms with E-state index in [1.165, 1.54) is 80.8 Å². The first kappa shape index (κ1) is 35.2. The number of hydrogen-bond donors (Lipinski definition) is 0. The summed E-state index contributed by atoms with van der Waals surface area (Å²) in [6.07, 6.45) is 0. The van der Waals surface area contributed by atoms with Gasteiger partial charge in [-0.3, -0.25) is 0 Å². The summed E-state index contributed by atoms with van der Waals surface area (Å²) in [4.78, 5) is 4.96. The largest absolute Gasteiger partial charge is 0.192 e. The minimum absolute atomic E-state index is 0.349. The summed E-state index contributed by atoms with van der Waals surface area (Å²) in [6, 6.07) is 62.4. The molecule has 8 aromatic carbocycles. The van der Waals surface area contributed by atoms with E-state index in [0.717, 1.165) is 20.1 Å². The van der Waals surface area contributed by atoms with Crippen LogP contribution in [0.4, 0.5) is 0 Å². The fourth-order valence-corrected chi connectivity index (χ4v) is 12.8. The molecule has 12 rings (SSSR count). The Hall–Kier alpha value is -4.99. The number of nitriles is 1. The molecule has 0 amide bonds. The number of benzene rings is 8. The number of halogens is 3. The summed E-state index contributed by atoms with van der Waals surface area (Å²) in [5, 5.41) is 11.1. The van der Waals surface area contributed by atoms with E-state index < -0.39 is 5.41 Å². The van der Waals surface area contributed by atoms with Crippen molar-refractivity contribution < 1.29 is 0 Å². The summed E-state index contributed by atoms with van der Waals surface area (Å²) >= 11 is 20.4. The van der Waals surface area contributed by atoms with Crippen molar-refractivity contribution in [2.24, 2.45) is 0 Å². The van der Waals surface area contributed by atoms with E-state index in [9.17, 15) is 5.26 Å². The Morgan fingerprint density at radius 3 is 1.18 bits per heavy atom. The molecular weight excluding hydrogens is 842 g/mol. The third kappa shape index (κ3) is 4.97. The molecule has 0 saturated carbocycles. The molecule has 0 radical (unpaired) electrons. The van der Waals surface area contributed by atoms with Crippen molar-refractivity contribution in [2.45, 2.75) is 30.4 Å². The maximum atomic E-state index is 9.62. The van der Waals surface area contributed by atoms with Crippen LogP contribution in [0.5, 0.6) is 0 Å². The Balaban J connectivity index is 0.000000131. The predicted molar refractivity (Wildman–Crippen MR) is 238 cm³/mol. The van der Waals surface area contributed by atoms with Gasteiger partial charge in [0.1, 0.15) is 0 Å². The molecule has 57 heavy (non-hydrogen) atoms. The summed E-state index contributed by atoms with van der Waals surface area (Å²) in [5.74, 6) is 0. The fraction of sp³-hybridized carbons (Fsp3) is 0.0392. The van der Waals surface area contributed by atoms with Crippen molar-refractivity contribution in [1.82, 2.24) is 0 Å². The monoisotopic (exact) mass is 867 g/mol. The molecule has 1 nitrogen and oxygen atoms in total. The van der Waals surface area contributed by atoms with Gasteiger partial charge in [-0.15, -0.1) is 0 Å². The molecule has 0 atom stereocenters. The Bertz CT molecular complexity index is 2910. The number of fused-ring (bicyclic) bond motifs is 18. The highest BCUT2D eigenvalue weighted by molar-refractivity contribution is 9.10. The van der Waals surface area contributed by atoms with E-state index in [-0.39, 0.29) is 5.41 Å². The zero-order chi connectivity index (χ0) is 38.5. The van der Waals surface area contributed by atoms with Crippen molar-refractivity contribution in [2.75, 3.05) is 0 Å². The first-order chi connectivity index (χ1) is 27.9. The van der Waals surface area contributed by atoms with Crippen LogP contribution in [0.1, 0.15) is 50.1 Å². The van der Waals surface area contributed by atoms with Crippen LogP contribution in [0, 0.1) is 11.3 Å². The van der Waals surface area contributed by atoms with Gasteiger partial charge in [0, 0.05) is 34.1 Å². The minimum atomic E-state index is -0.471. The maximum Gasteiger partial charge on any atom is 0.0991 e. The summed E-state index contributed by atoms with van der Waals surface area (Å²) in [5.41, 5.74) is 15.1. The second-order valence-electron chi connectivity index (χ2n) is 14.6. The lowest BCUT2D eigenvalue weighted by atomic mass is 9.67. The van der Waals surface area contributed by atoms with Crippen LogP contribution in [-0.2, 0) is 10.8 Å². The second kappa shape index (κ2) is 13.3. The average molecular weight is 870 g/mol. The van der Waals surface area contributed by atoms with Crippen LogP contribution >= 0.6 is 62.7 Å². The quantitative estimate of drug-likeness (QED) is 0.152. The molecule has 4 aliphatic rings. The molecule has 2 aliphatic heterocycles. The molecule has 2 aliphatic carbocycles. The minimum Gasteiger partial charge on any atom is -0.192 e. The van der Waals surface area contributed by atoms with Crippen molar-refractivity contribution >= 4 is 62.7 Å². The lowest BCUT2D eigenvalue weighted by molar-refractivity contribution is 0.721. The Morgan fingerprint density at radius 2 is 0.754 bits per heavy atom. The van der Waals surface area contributed by atoms with Gasteiger partial charge in [0.2, 0.25) is 0 Å². The van der Waals surface area contributed by atoms with Gasteiger partial charge in [-0.25, -0.2) is 0 Å². The molecule has 0 aromatic heterocycles. The Kier molecular flexibility index (Phi) is 8.20. The molecule has 2 heterocycles. The smallest absolute Gasteiger partial charge is 0.0991 e. The van der Waals surface area contributed by atoms with Gasteiger partial charge in [-0.2, -0.15) is 5.26 Å². The second-order valence-corrected chi connectivity index (χ2v) is 18.6. The Labute approximate surface area is 358 Å². The van der Waals surface area contributed by atoms with Crippen LogP contribution in [-0.4, -0.2) is 0 Å². The van der Waals surface area contributed by atoms with Crippen LogP contribution in [0.15, 0.2) is 194 Å². The van der Waals surface area contributed by atoms with Crippen molar-refractivity contribution in [1.29, 1.82) is 5.26 Å². The first-order valence-corrected chi connectivity index (χ1v) is 21.8. The normalized spacial score (nSPS) is 14.7. The summed E-state index contributed by atoms with van der Waals surface area (Å²) < 4.78 is 1.10. The zero-order valence-corrected chi connectivity index (χ0v) is 34.8. The molecule has 270 valence electrons. The lowest BCUT2D eigenvalue weighted by Crippen LogP contribution is -2.32. The third-order valence-corrected chi connectivity index (χ3v) is 15.2. The highest BCUT2D eigenvalue weighted by Gasteiger charge is 2.51. The van der Waals surface area contributed by atoms with Crippen LogP contribution in [0.2, 0.25) is 10.0 Å². The number of rotatable bonds is 0. The molecule has 0 unspecified atom stereocenters. The van der Waals surface area contributed by atoms with Gasteiger partial charge >= 0.3 is 0 Å². The molecule has 2 spiro atoms. The molecule has 0 saturated heterocycles. The number of nitrogens with zero attached hydrogens (tertiary/aromatic N) is 1. The molecule has 6 heteroatoms.